The predicted molar refractivity (Wildman–Crippen MR) is 70.6 cm³/mol. The molecule has 1 aromatic rings. The van der Waals surface area contributed by atoms with E-state index in [9.17, 15) is 4.79 Å². The maximum Gasteiger partial charge on any atom is 0.305 e. The van der Waals surface area contributed by atoms with Gasteiger partial charge in [-0.25, -0.2) is 9.97 Å². The SMILES string of the molecule is CCOc1ncnc(N(CCC(=O)O)C2CC2)c1C. The number of hydrogen-bond donors (Lipinski definition) is 1. The summed E-state index contributed by atoms with van der Waals surface area (Å²) < 4.78 is 5.46. The van der Waals surface area contributed by atoms with Crippen LogP contribution in [0.4, 0.5) is 5.82 Å². The van der Waals surface area contributed by atoms with E-state index in [0.29, 0.717) is 25.1 Å². The molecule has 0 unspecified atom stereocenters. The molecule has 6 nitrogen and oxygen atoms in total. The highest BCUT2D eigenvalue weighted by atomic mass is 16.5. The molecule has 1 saturated carbocycles. The monoisotopic (exact) mass is 265 g/mol. The zero-order valence-electron chi connectivity index (χ0n) is 11.3. The van der Waals surface area contributed by atoms with Crippen LogP contribution in [0.3, 0.4) is 0 Å². The molecule has 1 fully saturated rings. The minimum absolute atomic E-state index is 0.115. The van der Waals surface area contributed by atoms with Gasteiger partial charge in [0, 0.05) is 12.6 Å². The third-order valence-electron chi connectivity index (χ3n) is 3.12. The molecular weight excluding hydrogens is 246 g/mol. The summed E-state index contributed by atoms with van der Waals surface area (Å²) in [5.41, 5.74) is 0.877. The molecule has 1 aliphatic rings. The smallest absolute Gasteiger partial charge is 0.305 e. The molecule has 0 spiro atoms. The van der Waals surface area contributed by atoms with Crippen molar-refractivity contribution in [2.45, 2.75) is 39.2 Å². The summed E-state index contributed by atoms with van der Waals surface area (Å²) in [6, 6.07) is 0.405. The summed E-state index contributed by atoms with van der Waals surface area (Å²) in [6.07, 6.45) is 3.77. The number of carboxylic acid groups (broad SMARTS) is 1. The second kappa shape index (κ2) is 5.86. The number of carbonyl (C=O) groups is 1. The van der Waals surface area contributed by atoms with E-state index in [1.165, 1.54) is 6.33 Å². The molecule has 0 radical (unpaired) electrons. The van der Waals surface area contributed by atoms with Gasteiger partial charge in [-0.05, 0) is 26.7 Å². The van der Waals surface area contributed by atoms with Crippen LogP contribution >= 0.6 is 0 Å². The summed E-state index contributed by atoms with van der Waals surface area (Å²) >= 11 is 0. The van der Waals surface area contributed by atoms with Crippen LogP contribution in [-0.2, 0) is 4.79 Å². The fourth-order valence-corrected chi connectivity index (χ4v) is 2.06. The third-order valence-corrected chi connectivity index (χ3v) is 3.12. The first-order chi connectivity index (χ1) is 9.13. The standard InChI is InChI=1S/C13H19N3O3/c1-3-19-13-9(2)12(14-8-15-13)16(10-4-5-10)7-6-11(17)18/h8,10H,3-7H2,1-2H3,(H,17,18). The summed E-state index contributed by atoms with van der Waals surface area (Å²) in [6.45, 7) is 4.85. The van der Waals surface area contributed by atoms with Crippen LogP contribution in [0, 0.1) is 6.92 Å². The first-order valence-corrected chi connectivity index (χ1v) is 6.56. The second-order valence-corrected chi connectivity index (χ2v) is 4.63. The molecule has 0 saturated heterocycles. The molecule has 0 aliphatic heterocycles. The van der Waals surface area contributed by atoms with Gasteiger partial charge in [0.25, 0.3) is 0 Å². The molecule has 0 aromatic carbocycles. The number of rotatable bonds is 7. The lowest BCUT2D eigenvalue weighted by Crippen LogP contribution is -2.30. The van der Waals surface area contributed by atoms with Gasteiger partial charge in [-0.15, -0.1) is 0 Å². The minimum atomic E-state index is -0.789. The van der Waals surface area contributed by atoms with Crippen molar-refractivity contribution in [3.05, 3.63) is 11.9 Å². The van der Waals surface area contributed by atoms with Gasteiger partial charge >= 0.3 is 5.97 Å². The molecular formula is C13H19N3O3. The third kappa shape index (κ3) is 3.33. The Bertz CT molecular complexity index is 460. The van der Waals surface area contributed by atoms with Gasteiger partial charge < -0.3 is 14.7 Å². The Morgan fingerprint density at radius 1 is 1.53 bits per heavy atom. The van der Waals surface area contributed by atoms with Crippen LogP contribution in [-0.4, -0.2) is 40.2 Å². The van der Waals surface area contributed by atoms with Crippen molar-refractivity contribution >= 4 is 11.8 Å². The van der Waals surface area contributed by atoms with Crippen LogP contribution in [0.15, 0.2) is 6.33 Å². The van der Waals surface area contributed by atoms with Crippen molar-refractivity contribution in [3.8, 4) is 5.88 Å². The van der Waals surface area contributed by atoms with Gasteiger partial charge in [0.05, 0.1) is 18.6 Å². The zero-order chi connectivity index (χ0) is 13.8. The van der Waals surface area contributed by atoms with Crippen molar-refractivity contribution < 1.29 is 14.6 Å². The van der Waals surface area contributed by atoms with Gasteiger partial charge in [0.1, 0.15) is 12.1 Å². The molecule has 2 rings (SSSR count). The average molecular weight is 265 g/mol. The Morgan fingerprint density at radius 3 is 2.84 bits per heavy atom. The molecule has 0 amide bonds. The van der Waals surface area contributed by atoms with Crippen LogP contribution in [0.2, 0.25) is 0 Å². The van der Waals surface area contributed by atoms with E-state index in [-0.39, 0.29) is 6.42 Å². The molecule has 1 heterocycles. The maximum absolute atomic E-state index is 10.7. The number of carboxylic acids is 1. The highest BCUT2D eigenvalue weighted by Gasteiger charge is 2.31. The van der Waals surface area contributed by atoms with Gasteiger partial charge in [0.15, 0.2) is 0 Å². The highest BCUT2D eigenvalue weighted by Crippen LogP contribution is 2.34. The van der Waals surface area contributed by atoms with Crippen molar-refractivity contribution in [3.63, 3.8) is 0 Å². The second-order valence-electron chi connectivity index (χ2n) is 4.63. The topological polar surface area (TPSA) is 75.6 Å². The minimum Gasteiger partial charge on any atom is -0.481 e. The van der Waals surface area contributed by atoms with E-state index < -0.39 is 5.97 Å². The molecule has 1 aromatic heterocycles. The Kier molecular flexibility index (Phi) is 4.19. The van der Waals surface area contributed by atoms with Crippen LogP contribution in [0.5, 0.6) is 5.88 Å². The van der Waals surface area contributed by atoms with Gasteiger partial charge in [-0.2, -0.15) is 0 Å². The Hall–Kier alpha value is -1.85. The molecule has 6 heteroatoms. The fourth-order valence-electron chi connectivity index (χ4n) is 2.06. The van der Waals surface area contributed by atoms with Gasteiger partial charge in [0.2, 0.25) is 5.88 Å². The largest absolute Gasteiger partial charge is 0.481 e. The first kappa shape index (κ1) is 13.6. The summed E-state index contributed by atoms with van der Waals surface area (Å²) in [5.74, 6) is 0.582. The Balaban J connectivity index is 2.20. The first-order valence-electron chi connectivity index (χ1n) is 6.56. The van der Waals surface area contributed by atoms with E-state index in [4.69, 9.17) is 9.84 Å². The fraction of sp³-hybridized carbons (Fsp3) is 0.615. The summed E-state index contributed by atoms with van der Waals surface area (Å²) in [4.78, 5) is 21.2. The number of aromatic nitrogens is 2. The van der Waals surface area contributed by atoms with E-state index in [0.717, 1.165) is 24.2 Å². The van der Waals surface area contributed by atoms with Gasteiger partial charge in [-0.1, -0.05) is 0 Å². The Labute approximate surface area is 112 Å². The summed E-state index contributed by atoms with van der Waals surface area (Å²) in [7, 11) is 0. The van der Waals surface area contributed by atoms with E-state index >= 15 is 0 Å². The lowest BCUT2D eigenvalue weighted by Gasteiger charge is -2.24. The lowest BCUT2D eigenvalue weighted by molar-refractivity contribution is -0.136. The van der Waals surface area contributed by atoms with Crippen molar-refractivity contribution in [1.82, 2.24) is 9.97 Å². The molecule has 0 atom stereocenters. The number of hydrogen-bond acceptors (Lipinski definition) is 5. The van der Waals surface area contributed by atoms with E-state index in [2.05, 4.69) is 14.9 Å². The lowest BCUT2D eigenvalue weighted by atomic mass is 10.2. The quantitative estimate of drug-likeness (QED) is 0.807. The predicted octanol–water partition coefficient (Wildman–Crippen LogP) is 1.63. The van der Waals surface area contributed by atoms with Crippen molar-refractivity contribution in [2.75, 3.05) is 18.1 Å². The van der Waals surface area contributed by atoms with Crippen LogP contribution < -0.4 is 9.64 Å². The molecule has 1 aliphatic carbocycles. The van der Waals surface area contributed by atoms with E-state index in [1.807, 2.05) is 13.8 Å². The number of nitrogens with zero attached hydrogens (tertiary/aromatic N) is 3. The molecule has 19 heavy (non-hydrogen) atoms. The number of aliphatic carboxylic acids is 1. The van der Waals surface area contributed by atoms with Crippen molar-refractivity contribution in [1.29, 1.82) is 0 Å². The van der Waals surface area contributed by atoms with Crippen molar-refractivity contribution in [2.24, 2.45) is 0 Å². The maximum atomic E-state index is 10.7. The molecule has 104 valence electrons. The normalized spacial score (nSPS) is 14.2. The van der Waals surface area contributed by atoms with Gasteiger partial charge in [-0.3, -0.25) is 4.79 Å². The highest BCUT2D eigenvalue weighted by molar-refractivity contribution is 5.68. The van der Waals surface area contributed by atoms with Crippen LogP contribution in [0.1, 0.15) is 31.7 Å². The molecule has 1 N–H and O–H groups in total. The number of ether oxygens (including phenoxy) is 1. The van der Waals surface area contributed by atoms with E-state index in [1.54, 1.807) is 0 Å². The molecule has 0 bridgehead atoms. The number of anilines is 1. The Morgan fingerprint density at radius 2 is 2.26 bits per heavy atom. The average Bonchev–Trinajstić information content (AvgIpc) is 3.18. The zero-order valence-corrected chi connectivity index (χ0v) is 11.3. The summed E-state index contributed by atoms with van der Waals surface area (Å²) in [5, 5.41) is 8.84. The van der Waals surface area contributed by atoms with Crippen LogP contribution in [0.25, 0.3) is 0 Å².